The van der Waals surface area contributed by atoms with Gasteiger partial charge in [0.05, 0.1) is 6.04 Å². The third-order valence-electron chi connectivity index (χ3n) is 4.41. The molecule has 0 aromatic heterocycles. The van der Waals surface area contributed by atoms with Gasteiger partial charge in [-0.05, 0) is 30.4 Å². The lowest BCUT2D eigenvalue weighted by Gasteiger charge is -2.33. The van der Waals surface area contributed by atoms with Crippen LogP contribution in [0.3, 0.4) is 0 Å². The van der Waals surface area contributed by atoms with Gasteiger partial charge in [0, 0.05) is 19.1 Å². The number of hydrogen-bond acceptors (Lipinski definition) is 3. The van der Waals surface area contributed by atoms with Crippen molar-refractivity contribution in [1.29, 1.82) is 0 Å². The minimum absolute atomic E-state index is 0.0568. The fourth-order valence-electron chi connectivity index (χ4n) is 2.88. The number of nitrogens with one attached hydrogen (secondary N) is 2. The number of rotatable bonds is 6. The minimum Gasteiger partial charge on any atom is -0.396 e. The zero-order chi connectivity index (χ0) is 15.3. The van der Waals surface area contributed by atoms with Gasteiger partial charge in [0.2, 0.25) is 5.91 Å². The maximum Gasteiger partial charge on any atom is 0.237 e. The summed E-state index contributed by atoms with van der Waals surface area (Å²) in [7, 11) is 0. The van der Waals surface area contributed by atoms with E-state index in [1.165, 1.54) is 0 Å². The molecule has 1 heterocycles. The van der Waals surface area contributed by atoms with Crippen molar-refractivity contribution in [3.63, 3.8) is 0 Å². The van der Waals surface area contributed by atoms with Crippen molar-refractivity contribution in [2.24, 2.45) is 5.41 Å². The number of aliphatic hydroxyl groups excluding tert-OH is 1. The zero-order valence-corrected chi connectivity index (χ0v) is 12.9. The van der Waals surface area contributed by atoms with E-state index in [1.807, 2.05) is 32.0 Å². The molecule has 4 nitrogen and oxygen atoms in total. The molecule has 1 aliphatic heterocycles. The Kier molecular flexibility index (Phi) is 5.37. The fourth-order valence-corrected chi connectivity index (χ4v) is 2.88. The van der Waals surface area contributed by atoms with E-state index in [2.05, 4.69) is 22.8 Å². The van der Waals surface area contributed by atoms with E-state index in [0.29, 0.717) is 6.54 Å². The molecule has 3 N–H and O–H groups in total. The average molecular weight is 290 g/mol. The molecule has 0 bridgehead atoms. The van der Waals surface area contributed by atoms with Crippen LogP contribution in [0.5, 0.6) is 0 Å². The monoisotopic (exact) mass is 290 g/mol. The molecule has 4 heteroatoms. The summed E-state index contributed by atoms with van der Waals surface area (Å²) >= 11 is 0. The summed E-state index contributed by atoms with van der Waals surface area (Å²) in [5.41, 5.74) is 0.869. The van der Waals surface area contributed by atoms with Gasteiger partial charge in [0.25, 0.3) is 0 Å². The zero-order valence-electron chi connectivity index (χ0n) is 12.9. The van der Waals surface area contributed by atoms with Crippen molar-refractivity contribution < 1.29 is 9.90 Å². The van der Waals surface area contributed by atoms with Gasteiger partial charge in [-0.2, -0.15) is 0 Å². The molecule has 0 spiro atoms. The van der Waals surface area contributed by atoms with Crippen molar-refractivity contribution >= 4 is 5.91 Å². The van der Waals surface area contributed by atoms with Crippen LogP contribution in [0, 0.1) is 5.41 Å². The second kappa shape index (κ2) is 7.05. The first-order valence-corrected chi connectivity index (χ1v) is 7.71. The predicted molar refractivity (Wildman–Crippen MR) is 84.1 cm³/mol. The minimum atomic E-state index is -0.280. The van der Waals surface area contributed by atoms with Crippen molar-refractivity contribution in [2.75, 3.05) is 19.7 Å². The highest BCUT2D eigenvalue weighted by Crippen LogP contribution is 2.34. The van der Waals surface area contributed by atoms with Crippen LogP contribution >= 0.6 is 0 Å². The molecule has 2 atom stereocenters. The number of hydrogen-bond donors (Lipinski definition) is 3. The number of carbonyl (C=O) groups is 1. The van der Waals surface area contributed by atoms with Crippen LogP contribution in [0.1, 0.15) is 38.2 Å². The molecule has 0 saturated carbocycles. The molecule has 1 aromatic rings. The molecule has 1 aromatic carbocycles. The van der Waals surface area contributed by atoms with E-state index < -0.39 is 0 Å². The number of amides is 1. The van der Waals surface area contributed by atoms with Gasteiger partial charge in [-0.1, -0.05) is 44.2 Å². The molecule has 0 radical (unpaired) electrons. The quantitative estimate of drug-likeness (QED) is 0.746. The first-order chi connectivity index (χ1) is 10.0. The van der Waals surface area contributed by atoms with Crippen LogP contribution in [0.2, 0.25) is 0 Å². The molecule has 116 valence electrons. The summed E-state index contributed by atoms with van der Waals surface area (Å²) in [6.45, 7) is 5.62. The van der Waals surface area contributed by atoms with Gasteiger partial charge in [0.1, 0.15) is 0 Å². The SMILES string of the molecule is CC(C)(CO)C(CNC(=O)C1CCCN1)c1ccccc1. The maximum atomic E-state index is 12.2. The Balaban J connectivity index is 2.04. The summed E-state index contributed by atoms with van der Waals surface area (Å²) in [6.07, 6.45) is 1.97. The molecular formula is C17H26N2O2. The van der Waals surface area contributed by atoms with Gasteiger partial charge < -0.3 is 15.7 Å². The summed E-state index contributed by atoms with van der Waals surface area (Å²) < 4.78 is 0. The van der Waals surface area contributed by atoms with Crippen molar-refractivity contribution in [1.82, 2.24) is 10.6 Å². The third-order valence-corrected chi connectivity index (χ3v) is 4.41. The molecule has 1 aliphatic rings. The molecule has 1 fully saturated rings. The van der Waals surface area contributed by atoms with Crippen LogP contribution in [0.15, 0.2) is 30.3 Å². The molecule has 1 amide bonds. The second-order valence-corrected chi connectivity index (χ2v) is 6.50. The molecule has 0 aliphatic carbocycles. The van der Waals surface area contributed by atoms with Crippen molar-refractivity contribution in [3.05, 3.63) is 35.9 Å². The normalized spacial score (nSPS) is 20.2. The second-order valence-electron chi connectivity index (χ2n) is 6.50. The molecule has 2 unspecified atom stereocenters. The van der Waals surface area contributed by atoms with E-state index in [4.69, 9.17) is 0 Å². The first kappa shape index (κ1) is 16.0. The maximum absolute atomic E-state index is 12.2. The largest absolute Gasteiger partial charge is 0.396 e. The standard InChI is InChI=1S/C17H26N2O2/c1-17(2,12-20)14(13-7-4-3-5-8-13)11-19-16(21)15-9-6-10-18-15/h3-5,7-8,14-15,18,20H,6,9-12H2,1-2H3,(H,19,21). The van der Waals surface area contributed by atoms with E-state index in [-0.39, 0.29) is 29.9 Å². The number of benzene rings is 1. The third kappa shape index (κ3) is 4.05. The first-order valence-electron chi connectivity index (χ1n) is 7.71. The molecule has 1 saturated heterocycles. The summed E-state index contributed by atoms with van der Waals surface area (Å²) in [5.74, 6) is 0.163. The van der Waals surface area contributed by atoms with Crippen LogP contribution < -0.4 is 10.6 Å². The van der Waals surface area contributed by atoms with Gasteiger partial charge >= 0.3 is 0 Å². The smallest absolute Gasteiger partial charge is 0.237 e. The van der Waals surface area contributed by atoms with Gasteiger partial charge in [-0.3, -0.25) is 4.79 Å². The predicted octanol–water partition coefficient (Wildman–Crippen LogP) is 1.66. The Hall–Kier alpha value is -1.39. The Bertz CT molecular complexity index is 453. The van der Waals surface area contributed by atoms with E-state index in [1.54, 1.807) is 0 Å². The lowest BCUT2D eigenvalue weighted by molar-refractivity contribution is -0.123. The highest BCUT2D eigenvalue weighted by Gasteiger charge is 2.31. The van der Waals surface area contributed by atoms with Gasteiger partial charge in [-0.15, -0.1) is 0 Å². The Labute approximate surface area is 126 Å². The summed E-state index contributed by atoms with van der Waals surface area (Å²) in [4.78, 5) is 12.2. The van der Waals surface area contributed by atoms with E-state index in [0.717, 1.165) is 24.9 Å². The topological polar surface area (TPSA) is 61.4 Å². The highest BCUT2D eigenvalue weighted by atomic mass is 16.3. The van der Waals surface area contributed by atoms with Crippen LogP contribution in [0.4, 0.5) is 0 Å². The van der Waals surface area contributed by atoms with Crippen LogP contribution in [-0.4, -0.2) is 36.8 Å². The average Bonchev–Trinajstić information content (AvgIpc) is 3.02. The molecule has 21 heavy (non-hydrogen) atoms. The van der Waals surface area contributed by atoms with Crippen molar-refractivity contribution in [3.8, 4) is 0 Å². The highest BCUT2D eigenvalue weighted by molar-refractivity contribution is 5.82. The lowest BCUT2D eigenvalue weighted by Crippen LogP contribution is -2.44. The van der Waals surface area contributed by atoms with Gasteiger partial charge in [-0.25, -0.2) is 0 Å². The van der Waals surface area contributed by atoms with Crippen LogP contribution in [0.25, 0.3) is 0 Å². The fraction of sp³-hybridized carbons (Fsp3) is 0.588. The molecule has 2 rings (SSSR count). The lowest BCUT2D eigenvalue weighted by atomic mass is 9.75. The summed E-state index contributed by atoms with van der Waals surface area (Å²) in [5, 5.41) is 15.9. The molecular weight excluding hydrogens is 264 g/mol. The van der Waals surface area contributed by atoms with E-state index >= 15 is 0 Å². The summed E-state index contributed by atoms with van der Waals surface area (Å²) in [6, 6.07) is 10.0. The Morgan fingerprint density at radius 1 is 1.43 bits per heavy atom. The van der Waals surface area contributed by atoms with Gasteiger partial charge in [0.15, 0.2) is 0 Å². The Morgan fingerprint density at radius 3 is 2.71 bits per heavy atom. The Morgan fingerprint density at radius 2 is 2.14 bits per heavy atom. The van der Waals surface area contributed by atoms with Crippen LogP contribution in [-0.2, 0) is 4.79 Å². The number of aliphatic hydroxyl groups is 1. The van der Waals surface area contributed by atoms with E-state index in [9.17, 15) is 9.90 Å². The number of carbonyl (C=O) groups excluding carboxylic acids is 1. The van der Waals surface area contributed by atoms with Crippen molar-refractivity contribution in [2.45, 2.75) is 38.6 Å².